The minimum absolute atomic E-state index is 0.0467. The maximum absolute atomic E-state index is 12.9. The quantitative estimate of drug-likeness (QED) is 0.126. The van der Waals surface area contributed by atoms with Gasteiger partial charge in [0.05, 0.1) is 18.6 Å². The number of benzene rings is 4. The second-order valence-corrected chi connectivity index (χ2v) is 13.4. The van der Waals surface area contributed by atoms with Crippen LogP contribution < -0.4 is 18.9 Å². The number of methoxy groups -OCH3 is 1. The Bertz CT molecular complexity index is 1930. The first kappa shape index (κ1) is 33.2. The first-order chi connectivity index (χ1) is 22.0. The van der Waals surface area contributed by atoms with Gasteiger partial charge in [-0.15, -0.1) is 0 Å². The van der Waals surface area contributed by atoms with Crippen molar-refractivity contribution >= 4 is 50.0 Å². The molecule has 1 amide bonds. The van der Waals surface area contributed by atoms with Gasteiger partial charge in [0, 0.05) is 40.1 Å². The maximum atomic E-state index is 12.9. The fourth-order valence-electron chi connectivity index (χ4n) is 5.12. The second-order valence-electron chi connectivity index (χ2n) is 10.9. The molecule has 0 aliphatic carbocycles. The van der Waals surface area contributed by atoms with E-state index in [4.69, 9.17) is 37.4 Å². The lowest BCUT2D eigenvalue weighted by molar-refractivity contribution is -0.119. The van der Waals surface area contributed by atoms with Crippen LogP contribution in [0.4, 0.5) is 0 Å². The molecule has 11 heteroatoms. The molecule has 0 aliphatic rings. The first-order valence-electron chi connectivity index (χ1n) is 14.7. The summed E-state index contributed by atoms with van der Waals surface area (Å²) in [5, 5.41) is 2.34. The van der Waals surface area contributed by atoms with E-state index < -0.39 is 15.9 Å². The van der Waals surface area contributed by atoms with Gasteiger partial charge >= 0.3 is 0 Å². The van der Waals surface area contributed by atoms with E-state index in [1.165, 1.54) is 24.3 Å². The molecule has 0 atom stereocenters. The van der Waals surface area contributed by atoms with Crippen molar-refractivity contribution in [2.45, 2.75) is 44.6 Å². The number of hydrogen-bond acceptors (Lipinski definition) is 6. The maximum Gasteiger partial charge on any atom is 0.264 e. The van der Waals surface area contributed by atoms with Crippen LogP contribution in [0.2, 0.25) is 10.0 Å². The molecule has 0 radical (unpaired) electrons. The minimum Gasteiger partial charge on any atom is -0.497 e. The van der Waals surface area contributed by atoms with E-state index in [9.17, 15) is 13.2 Å². The lowest BCUT2D eigenvalue weighted by Crippen LogP contribution is -2.31. The van der Waals surface area contributed by atoms with Gasteiger partial charge in [-0.25, -0.2) is 13.1 Å². The van der Waals surface area contributed by atoms with Crippen molar-refractivity contribution in [2.75, 3.05) is 13.7 Å². The van der Waals surface area contributed by atoms with E-state index in [2.05, 4.69) is 4.72 Å². The summed E-state index contributed by atoms with van der Waals surface area (Å²) >= 11 is 12.6. The van der Waals surface area contributed by atoms with Crippen LogP contribution in [0, 0.1) is 13.8 Å². The van der Waals surface area contributed by atoms with Crippen LogP contribution in [0.1, 0.15) is 29.5 Å². The zero-order chi connectivity index (χ0) is 32.8. The number of carbonyl (C=O) groups excluding carboxylic acids is 1. The number of fused-ring (bicyclic) bond motifs is 1. The van der Waals surface area contributed by atoms with E-state index >= 15 is 0 Å². The Morgan fingerprint density at radius 1 is 0.848 bits per heavy atom. The molecule has 0 saturated carbocycles. The Labute approximate surface area is 278 Å². The fourth-order valence-corrected chi connectivity index (χ4v) is 6.41. The second kappa shape index (κ2) is 14.5. The number of carbonyl (C=O) groups is 1. The van der Waals surface area contributed by atoms with Gasteiger partial charge < -0.3 is 18.8 Å². The van der Waals surface area contributed by atoms with Crippen molar-refractivity contribution in [3.63, 3.8) is 0 Å². The summed E-state index contributed by atoms with van der Waals surface area (Å²) in [7, 11) is -2.50. The lowest BCUT2D eigenvalue weighted by atomic mass is 10.1. The molecule has 0 bridgehead atoms. The molecule has 1 heterocycles. The Balaban J connectivity index is 1.18. The van der Waals surface area contributed by atoms with Crippen molar-refractivity contribution in [1.29, 1.82) is 0 Å². The van der Waals surface area contributed by atoms with Crippen LogP contribution in [0.25, 0.3) is 10.9 Å². The molecule has 1 N–H and O–H groups in total. The van der Waals surface area contributed by atoms with E-state index in [1.54, 1.807) is 31.4 Å². The Morgan fingerprint density at radius 3 is 2.13 bits per heavy atom. The topological polar surface area (TPSA) is 95.9 Å². The average molecular weight is 682 g/mol. The van der Waals surface area contributed by atoms with E-state index in [-0.39, 0.29) is 17.9 Å². The molecule has 0 unspecified atom stereocenters. The van der Waals surface area contributed by atoms with Crippen LogP contribution in [-0.4, -0.2) is 32.6 Å². The molecule has 1 aromatic heterocycles. The van der Waals surface area contributed by atoms with Crippen LogP contribution in [0.5, 0.6) is 23.0 Å². The summed E-state index contributed by atoms with van der Waals surface area (Å²) in [5.74, 6) is 1.88. The highest BCUT2D eigenvalue weighted by molar-refractivity contribution is 7.90. The largest absolute Gasteiger partial charge is 0.497 e. The van der Waals surface area contributed by atoms with Crippen LogP contribution >= 0.6 is 23.2 Å². The van der Waals surface area contributed by atoms with E-state index in [0.29, 0.717) is 28.9 Å². The highest BCUT2D eigenvalue weighted by Crippen LogP contribution is 2.29. The van der Waals surface area contributed by atoms with Crippen molar-refractivity contribution in [3.05, 3.63) is 112 Å². The number of ether oxygens (including phenoxy) is 3. The van der Waals surface area contributed by atoms with Crippen molar-refractivity contribution in [2.24, 2.45) is 0 Å². The van der Waals surface area contributed by atoms with Gasteiger partial charge in [-0.3, -0.25) is 4.79 Å². The van der Waals surface area contributed by atoms with Gasteiger partial charge in [-0.1, -0.05) is 29.3 Å². The molecule has 0 fully saturated rings. The predicted molar refractivity (Wildman–Crippen MR) is 181 cm³/mol. The molecule has 5 aromatic rings. The number of nitrogens with zero attached hydrogens (tertiary/aromatic N) is 1. The highest BCUT2D eigenvalue weighted by atomic mass is 35.5. The zero-order valence-electron chi connectivity index (χ0n) is 25.7. The number of sulfonamides is 1. The minimum atomic E-state index is -4.08. The Morgan fingerprint density at radius 2 is 1.48 bits per heavy atom. The van der Waals surface area contributed by atoms with Gasteiger partial charge in [0.2, 0.25) is 5.91 Å². The molecule has 4 aromatic carbocycles. The number of amides is 1. The Kier molecular flexibility index (Phi) is 10.5. The zero-order valence-corrected chi connectivity index (χ0v) is 28.0. The highest BCUT2D eigenvalue weighted by Gasteiger charge is 2.19. The van der Waals surface area contributed by atoms with Crippen LogP contribution in [0.15, 0.2) is 90.0 Å². The Hall–Kier alpha value is -4.18. The third kappa shape index (κ3) is 8.15. The number of halogens is 2. The predicted octanol–water partition coefficient (Wildman–Crippen LogP) is 8.27. The normalized spacial score (nSPS) is 11.4. The molecule has 46 heavy (non-hydrogen) atoms. The number of rotatable bonds is 13. The fraction of sp³-hybridized carbons (Fsp3) is 0.229. The molecular formula is C35H34Cl2N2O6S. The number of nitrogens with one attached hydrogen (secondary N) is 1. The lowest BCUT2D eigenvalue weighted by Gasteiger charge is -2.10. The monoisotopic (exact) mass is 680 g/mol. The van der Waals surface area contributed by atoms with Gasteiger partial charge in [0.25, 0.3) is 10.0 Å². The molecule has 0 aliphatic heterocycles. The molecule has 8 nitrogen and oxygen atoms in total. The molecule has 0 saturated heterocycles. The standard InChI is InChI=1S/C35H34Cl2N2O6S/c1-23-19-30(20-24(2)35(23)37)44-18-4-5-25-22-39(33-21-26(36)6-15-32(25)33)17-16-34(40)38-46(41,42)31-13-11-29(12-14-31)45-28-9-7-27(43-3)8-10-28/h6-15,19-22H,4-5,16-18H2,1-3H3,(H,38,40). The van der Waals surface area contributed by atoms with Crippen LogP contribution in [-0.2, 0) is 27.8 Å². The number of hydrogen-bond donors (Lipinski definition) is 1. The average Bonchev–Trinajstić information content (AvgIpc) is 3.37. The van der Waals surface area contributed by atoms with Gasteiger partial charge in [-0.2, -0.15) is 0 Å². The van der Waals surface area contributed by atoms with Crippen LogP contribution in [0.3, 0.4) is 0 Å². The summed E-state index contributed by atoms with van der Waals surface area (Å²) in [4.78, 5) is 12.8. The summed E-state index contributed by atoms with van der Waals surface area (Å²) in [6.07, 6.45) is 3.45. The van der Waals surface area contributed by atoms with Gasteiger partial charge in [0.15, 0.2) is 0 Å². The summed E-state index contributed by atoms with van der Waals surface area (Å²) in [6.45, 7) is 4.70. The van der Waals surface area contributed by atoms with Gasteiger partial charge in [0.1, 0.15) is 23.0 Å². The molecule has 5 rings (SSSR count). The third-order valence-electron chi connectivity index (χ3n) is 7.45. The molecule has 0 spiro atoms. The van der Waals surface area contributed by atoms with Gasteiger partial charge in [-0.05, 0) is 116 Å². The first-order valence-corrected chi connectivity index (χ1v) is 16.9. The summed E-state index contributed by atoms with van der Waals surface area (Å²) in [6, 6.07) is 22.4. The smallest absolute Gasteiger partial charge is 0.264 e. The number of aryl methyl sites for hydroxylation is 4. The SMILES string of the molecule is COc1ccc(Oc2ccc(S(=O)(=O)NC(=O)CCn3cc(CCCOc4cc(C)c(Cl)c(C)c4)c4ccc(Cl)cc43)cc2)cc1. The third-order valence-corrected chi connectivity index (χ3v) is 9.67. The van der Waals surface area contributed by atoms with Crippen molar-refractivity contribution < 1.29 is 27.4 Å². The molecular weight excluding hydrogens is 647 g/mol. The van der Waals surface area contributed by atoms with Crippen molar-refractivity contribution in [3.8, 4) is 23.0 Å². The number of aromatic nitrogens is 1. The molecule has 240 valence electrons. The van der Waals surface area contributed by atoms with E-state index in [1.807, 2.05) is 54.9 Å². The summed E-state index contributed by atoms with van der Waals surface area (Å²) < 4.78 is 46.8. The summed E-state index contributed by atoms with van der Waals surface area (Å²) in [5.41, 5.74) is 3.91. The van der Waals surface area contributed by atoms with Crippen molar-refractivity contribution in [1.82, 2.24) is 9.29 Å². The van der Waals surface area contributed by atoms with E-state index in [0.717, 1.165) is 51.2 Å².